The monoisotopic (exact) mass is 327 g/mol. The Balaban J connectivity index is 1.84. The van der Waals surface area contributed by atoms with Crippen molar-refractivity contribution in [3.63, 3.8) is 0 Å². The number of primary amides is 1. The number of carbonyl (C=O) groups excluding carboxylic acids is 2. The van der Waals surface area contributed by atoms with Gasteiger partial charge < -0.3 is 10.8 Å². The van der Waals surface area contributed by atoms with Gasteiger partial charge >= 0.3 is 0 Å². The SMILES string of the molecule is NC(=O)Cc1csc(NC(=O)c2cc3ccccc3cc2O)n1. The van der Waals surface area contributed by atoms with Crippen LogP contribution in [0.15, 0.2) is 41.8 Å². The number of carbonyl (C=O) groups is 2. The van der Waals surface area contributed by atoms with E-state index >= 15 is 0 Å². The van der Waals surface area contributed by atoms with Gasteiger partial charge in [0.1, 0.15) is 5.75 Å². The quantitative estimate of drug-likeness (QED) is 0.683. The Labute approximate surface area is 135 Å². The second-order valence-corrected chi connectivity index (χ2v) is 5.82. The van der Waals surface area contributed by atoms with Crippen LogP contribution in [0.5, 0.6) is 5.75 Å². The van der Waals surface area contributed by atoms with Crippen molar-refractivity contribution in [2.24, 2.45) is 5.73 Å². The summed E-state index contributed by atoms with van der Waals surface area (Å²) in [5.41, 5.74) is 5.77. The number of phenols is 1. The van der Waals surface area contributed by atoms with Crippen molar-refractivity contribution in [1.82, 2.24) is 4.98 Å². The number of thiazole rings is 1. The molecular weight excluding hydrogens is 314 g/mol. The zero-order chi connectivity index (χ0) is 16.4. The summed E-state index contributed by atoms with van der Waals surface area (Å²) < 4.78 is 0. The van der Waals surface area contributed by atoms with Gasteiger partial charge in [-0.2, -0.15) is 0 Å². The molecule has 4 N–H and O–H groups in total. The predicted molar refractivity (Wildman–Crippen MR) is 88.6 cm³/mol. The van der Waals surface area contributed by atoms with Gasteiger partial charge in [0, 0.05) is 5.38 Å². The number of rotatable bonds is 4. The van der Waals surface area contributed by atoms with E-state index in [1.54, 1.807) is 17.5 Å². The molecule has 1 heterocycles. The zero-order valence-electron chi connectivity index (χ0n) is 11.9. The van der Waals surface area contributed by atoms with E-state index in [-0.39, 0.29) is 17.7 Å². The fourth-order valence-corrected chi connectivity index (χ4v) is 2.90. The molecule has 0 saturated carbocycles. The molecule has 3 aromatic rings. The molecule has 116 valence electrons. The van der Waals surface area contributed by atoms with Gasteiger partial charge in [0.15, 0.2) is 5.13 Å². The predicted octanol–water partition coefficient (Wildman–Crippen LogP) is 2.28. The van der Waals surface area contributed by atoms with Crippen LogP contribution in [0.1, 0.15) is 16.1 Å². The highest BCUT2D eigenvalue weighted by Crippen LogP contribution is 2.26. The number of nitrogens with two attached hydrogens (primary N) is 1. The maximum atomic E-state index is 12.3. The van der Waals surface area contributed by atoms with Crippen LogP contribution in [0.25, 0.3) is 10.8 Å². The Bertz CT molecular complexity index is 904. The number of nitrogens with zero attached hydrogens (tertiary/aromatic N) is 1. The number of phenolic OH excluding ortho intramolecular Hbond substituents is 1. The molecule has 0 radical (unpaired) electrons. The van der Waals surface area contributed by atoms with Crippen molar-refractivity contribution in [3.05, 3.63) is 53.0 Å². The smallest absolute Gasteiger partial charge is 0.261 e. The molecule has 0 saturated heterocycles. The number of fused-ring (bicyclic) bond motifs is 1. The summed E-state index contributed by atoms with van der Waals surface area (Å²) in [6.07, 6.45) is 0.0214. The maximum Gasteiger partial charge on any atom is 0.261 e. The van der Waals surface area contributed by atoms with Crippen LogP contribution in [0.2, 0.25) is 0 Å². The summed E-state index contributed by atoms with van der Waals surface area (Å²) in [5, 5.41) is 16.4. The minimum absolute atomic E-state index is 0.0214. The van der Waals surface area contributed by atoms with Crippen LogP contribution in [0, 0.1) is 0 Å². The number of benzene rings is 2. The molecule has 0 fully saturated rings. The average molecular weight is 327 g/mol. The van der Waals surface area contributed by atoms with E-state index < -0.39 is 11.8 Å². The highest BCUT2D eigenvalue weighted by Gasteiger charge is 2.14. The second kappa shape index (κ2) is 6.05. The Morgan fingerprint density at radius 3 is 2.61 bits per heavy atom. The molecule has 1 aromatic heterocycles. The van der Waals surface area contributed by atoms with Crippen molar-refractivity contribution in [2.75, 3.05) is 5.32 Å². The van der Waals surface area contributed by atoms with E-state index in [1.165, 1.54) is 11.3 Å². The molecule has 0 aliphatic heterocycles. The third kappa shape index (κ3) is 3.29. The van der Waals surface area contributed by atoms with Crippen LogP contribution in [0.4, 0.5) is 5.13 Å². The van der Waals surface area contributed by atoms with E-state index in [0.717, 1.165) is 10.8 Å². The van der Waals surface area contributed by atoms with E-state index in [2.05, 4.69) is 10.3 Å². The standard InChI is InChI=1S/C16H13N3O3S/c17-14(21)7-11-8-23-16(18-11)19-15(22)12-5-9-3-1-2-4-10(9)6-13(12)20/h1-6,8,20H,7H2,(H2,17,21)(H,18,19,22). The summed E-state index contributed by atoms with van der Waals surface area (Å²) in [4.78, 5) is 27.3. The van der Waals surface area contributed by atoms with Crippen LogP contribution in [-0.2, 0) is 11.2 Å². The van der Waals surface area contributed by atoms with Crippen molar-refractivity contribution in [1.29, 1.82) is 0 Å². The number of hydrogen-bond donors (Lipinski definition) is 3. The lowest BCUT2D eigenvalue weighted by molar-refractivity contribution is -0.117. The maximum absolute atomic E-state index is 12.3. The number of aromatic nitrogens is 1. The molecule has 0 bridgehead atoms. The molecule has 0 spiro atoms. The summed E-state index contributed by atoms with van der Waals surface area (Å²) in [6, 6.07) is 10.6. The highest BCUT2D eigenvalue weighted by atomic mass is 32.1. The van der Waals surface area contributed by atoms with Crippen LogP contribution >= 0.6 is 11.3 Å². The lowest BCUT2D eigenvalue weighted by atomic mass is 10.1. The van der Waals surface area contributed by atoms with Gasteiger partial charge in [-0.25, -0.2) is 4.98 Å². The van der Waals surface area contributed by atoms with Crippen LogP contribution in [0.3, 0.4) is 0 Å². The lowest BCUT2D eigenvalue weighted by Gasteiger charge is -2.06. The Kier molecular flexibility index (Phi) is 3.94. The van der Waals surface area contributed by atoms with E-state index in [4.69, 9.17) is 5.73 Å². The molecular formula is C16H13N3O3S. The van der Waals surface area contributed by atoms with Crippen molar-refractivity contribution < 1.29 is 14.7 Å². The molecule has 2 amide bonds. The van der Waals surface area contributed by atoms with E-state index in [1.807, 2.05) is 24.3 Å². The number of nitrogens with one attached hydrogen (secondary N) is 1. The molecule has 0 atom stereocenters. The largest absolute Gasteiger partial charge is 0.507 e. The van der Waals surface area contributed by atoms with Crippen molar-refractivity contribution in [3.8, 4) is 5.75 Å². The average Bonchev–Trinajstić information content (AvgIpc) is 2.92. The first-order valence-electron chi connectivity index (χ1n) is 6.79. The van der Waals surface area contributed by atoms with Gasteiger partial charge in [0.2, 0.25) is 5.91 Å². The molecule has 0 aliphatic rings. The third-order valence-corrected chi connectivity index (χ3v) is 4.04. The van der Waals surface area contributed by atoms with E-state index in [9.17, 15) is 14.7 Å². The highest BCUT2D eigenvalue weighted by molar-refractivity contribution is 7.14. The summed E-state index contributed by atoms with van der Waals surface area (Å²) >= 11 is 1.19. The van der Waals surface area contributed by atoms with Gasteiger partial charge in [-0.05, 0) is 22.9 Å². The van der Waals surface area contributed by atoms with Crippen molar-refractivity contribution in [2.45, 2.75) is 6.42 Å². The second-order valence-electron chi connectivity index (χ2n) is 4.96. The first kappa shape index (κ1) is 15.0. The van der Waals surface area contributed by atoms with Crippen LogP contribution in [-0.4, -0.2) is 21.9 Å². The fraction of sp³-hybridized carbons (Fsp3) is 0.0625. The Morgan fingerprint density at radius 1 is 1.22 bits per heavy atom. The Hall–Kier alpha value is -2.93. The molecule has 6 nitrogen and oxygen atoms in total. The number of anilines is 1. The van der Waals surface area contributed by atoms with Gasteiger partial charge in [-0.3, -0.25) is 14.9 Å². The lowest BCUT2D eigenvalue weighted by Crippen LogP contribution is -2.14. The van der Waals surface area contributed by atoms with E-state index in [0.29, 0.717) is 10.8 Å². The molecule has 0 unspecified atom stereocenters. The summed E-state index contributed by atoms with van der Waals surface area (Å²) in [7, 11) is 0. The molecule has 23 heavy (non-hydrogen) atoms. The molecule has 7 heteroatoms. The Morgan fingerprint density at radius 2 is 1.91 bits per heavy atom. The molecule has 2 aromatic carbocycles. The van der Waals surface area contributed by atoms with Crippen molar-refractivity contribution >= 4 is 39.1 Å². The first-order valence-corrected chi connectivity index (χ1v) is 7.67. The minimum atomic E-state index is -0.486. The number of amides is 2. The minimum Gasteiger partial charge on any atom is -0.507 e. The summed E-state index contributed by atoms with van der Waals surface area (Å²) in [6.45, 7) is 0. The van der Waals surface area contributed by atoms with Gasteiger partial charge in [-0.15, -0.1) is 11.3 Å². The third-order valence-electron chi connectivity index (χ3n) is 3.24. The number of hydrogen-bond acceptors (Lipinski definition) is 5. The molecule has 0 aliphatic carbocycles. The van der Waals surface area contributed by atoms with Crippen LogP contribution < -0.4 is 11.1 Å². The summed E-state index contributed by atoms with van der Waals surface area (Å²) in [5.74, 6) is -1.05. The topological polar surface area (TPSA) is 105 Å². The molecule has 3 rings (SSSR count). The number of aromatic hydroxyl groups is 1. The zero-order valence-corrected chi connectivity index (χ0v) is 12.8. The normalized spacial score (nSPS) is 10.6. The van der Waals surface area contributed by atoms with Gasteiger partial charge in [0.05, 0.1) is 17.7 Å². The fourth-order valence-electron chi connectivity index (χ4n) is 2.20. The van der Waals surface area contributed by atoms with Gasteiger partial charge in [0.25, 0.3) is 5.91 Å². The first-order chi connectivity index (χ1) is 11.0. The van der Waals surface area contributed by atoms with Gasteiger partial charge in [-0.1, -0.05) is 24.3 Å².